The highest BCUT2D eigenvalue weighted by Crippen LogP contribution is 2.35. The summed E-state index contributed by atoms with van der Waals surface area (Å²) in [5.41, 5.74) is 2.25. The third-order valence-corrected chi connectivity index (χ3v) is 5.42. The second-order valence-electron chi connectivity index (χ2n) is 7.34. The average Bonchev–Trinajstić information content (AvgIpc) is 2.84. The molecule has 0 heterocycles. The molecule has 2 atom stereocenters. The summed E-state index contributed by atoms with van der Waals surface area (Å²) >= 11 is 0. The van der Waals surface area contributed by atoms with Crippen molar-refractivity contribution in [2.75, 3.05) is 7.11 Å². The van der Waals surface area contributed by atoms with Gasteiger partial charge in [-0.3, -0.25) is 4.79 Å². The molecule has 1 amide bonds. The summed E-state index contributed by atoms with van der Waals surface area (Å²) in [4.78, 5) is 26.0. The lowest BCUT2D eigenvalue weighted by atomic mass is 9.81. The number of fused-ring (bicyclic) bond motifs is 1. The first-order chi connectivity index (χ1) is 15.2. The molecule has 0 radical (unpaired) electrons. The van der Waals surface area contributed by atoms with E-state index in [-0.39, 0.29) is 5.78 Å². The predicted octanol–water partition coefficient (Wildman–Crippen LogP) is 5.90. The van der Waals surface area contributed by atoms with Crippen molar-refractivity contribution in [1.29, 1.82) is 0 Å². The fourth-order valence-electron chi connectivity index (χ4n) is 3.88. The average molecular weight is 409 g/mol. The van der Waals surface area contributed by atoms with Gasteiger partial charge in [0.2, 0.25) is 0 Å². The minimum Gasteiger partial charge on any atom is -0.453 e. The van der Waals surface area contributed by atoms with Crippen LogP contribution >= 0.6 is 0 Å². The van der Waals surface area contributed by atoms with E-state index in [1.165, 1.54) is 7.11 Å². The maximum atomic E-state index is 13.7. The second kappa shape index (κ2) is 9.26. The lowest BCUT2D eigenvalue weighted by Gasteiger charge is -2.28. The number of amides is 1. The largest absolute Gasteiger partial charge is 0.453 e. The number of hydrogen-bond acceptors (Lipinski definition) is 3. The zero-order valence-corrected chi connectivity index (χ0v) is 17.2. The van der Waals surface area contributed by atoms with E-state index >= 15 is 0 Å². The maximum absolute atomic E-state index is 13.7. The summed E-state index contributed by atoms with van der Waals surface area (Å²) in [6.45, 7) is 0. The molecule has 4 aromatic carbocycles. The highest BCUT2D eigenvalue weighted by Gasteiger charge is 2.33. The van der Waals surface area contributed by atoms with E-state index in [1.807, 2.05) is 91.0 Å². The lowest BCUT2D eigenvalue weighted by molar-refractivity contribution is 0.0936. The quantitative estimate of drug-likeness (QED) is 0.403. The molecule has 0 bridgehead atoms. The van der Waals surface area contributed by atoms with Gasteiger partial charge in [-0.05, 0) is 28.0 Å². The van der Waals surface area contributed by atoms with Crippen LogP contribution in [0.2, 0.25) is 0 Å². The standard InChI is InChI=1S/C27H23NO3/c1-31-27(30)28-25(23-17-16-19-10-8-9-15-22(19)18-23)24(20-11-4-2-5-12-20)26(29)21-13-6-3-7-14-21/h2-18,24-25H,1H3,(H,28,30). The molecule has 1 N–H and O–H groups in total. The highest BCUT2D eigenvalue weighted by molar-refractivity contribution is 6.02. The van der Waals surface area contributed by atoms with Crippen molar-refractivity contribution in [1.82, 2.24) is 5.32 Å². The molecule has 31 heavy (non-hydrogen) atoms. The number of Topliss-reactive ketones (excluding diaryl/α,β-unsaturated/α-hetero) is 1. The minimum atomic E-state index is -0.621. The summed E-state index contributed by atoms with van der Waals surface area (Å²) < 4.78 is 4.90. The third kappa shape index (κ3) is 4.48. The molecule has 4 nitrogen and oxygen atoms in total. The van der Waals surface area contributed by atoms with Crippen molar-refractivity contribution >= 4 is 22.6 Å². The fourth-order valence-corrected chi connectivity index (χ4v) is 3.88. The molecule has 154 valence electrons. The zero-order chi connectivity index (χ0) is 21.6. The van der Waals surface area contributed by atoms with E-state index in [2.05, 4.69) is 5.32 Å². The summed E-state index contributed by atoms with van der Waals surface area (Å²) in [5.74, 6) is -0.690. The van der Waals surface area contributed by atoms with Crippen LogP contribution < -0.4 is 5.32 Å². The Balaban J connectivity index is 1.86. The Kier molecular flexibility index (Phi) is 6.08. The number of ketones is 1. The molecule has 2 unspecified atom stereocenters. The number of carbonyl (C=O) groups is 2. The number of nitrogens with one attached hydrogen (secondary N) is 1. The van der Waals surface area contributed by atoms with Crippen LogP contribution in [0.15, 0.2) is 103 Å². The lowest BCUT2D eigenvalue weighted by Crippen LogP contribution is -2.35. The van der Waals surface area contributed by atoms with Gasteiger partial charge in [-0.1, -0.05) is 97.1 Å². The van der Waals surface area contributed by atoms with Crippen LogP contribution in [0.5, 0.6) is 0 Å². The molecule has 0 aliphatic rings. The van der Waals surface area contributed by atoms with Crippen molar-refractivity contribution in [2.24, 2.45) is 0 Å². The first-order valence-corrected chi connectivity index (χ1v) is 10.1. The zero-order valence-electron chi connectivity index (χ0n) is 17.2. The van der Waals surface area contributed by atoms with Gasteiger partial charge in [0, 0.05) is 5.56 Å². The first kappa shape index (κ1) is 20.4. The topological polar surface area (TPSA) is 55.4 Å². The summed E-state index contributed by atoms with van der Waals surface area (Å²) in [5, 5.41) is 5.04. The monoisotopic (exact) mass is 409 g/mol. The van der Waals surface area contributed by atoms with Crippen molar-refractivity contribution in [2.45, 2.75) is 12.0 Å². The van der Waals surface area contributed by atoms with Crippen LogP contribution in [0.1, 0.15) is 33.4 Å². The Morgan fingerprint density at radius 2 is 1.32 bits per heavy atom. The predicted molar refractivity (Wildman–Crippen MR) is 122 cm³/mol. The van der Waals surface area contributed by atoms with Gasteiger partial charge >= 0.3 is 6.09 Å². The number of benzene rings is 4. The van der Waals surface area contributed by atoms with E-state index in [1.54, 1.807) is 12.1 Å². The highest BCUT2D eigenvalue weighted by atomic mass is 16.5. The van der Waals surface area contributed by atoms with Crippen LogP contribution in [0.3, 0.4) is 0 Å². The molecule has 0 aromatic heterocycles. The van der Waals surface area contributed by atoms with Gasteiger partial charge in [0.15, 0.2) is 5.78 Å². The van der Waals surface area contributed by atoms with Crippen molar-refractivity contribution < 1.29 is 14.3 Å². The normalized spacial score (nSPS) is 12.7. The van der Waals surface area contributed by atoms with Gasteiger partial charge < -0.3 is 10.1 Å². The van der Waals surface area contributed by atoms with Gasteiger partial charge in [0.05, 0.1) is 19.1 Å². The first-order valence-electron chi connectivity index (χ1n) is 10.1. The number of carbonyl (C=O) groups excluding carboxylic acids is 2. The molecule has 0 saturated heterocycles. The van der Waals surface area contributed by atoms with Gasteiger partial charge in [0.1, 0.15) is 0 Å². The Labute approximate surface area is 181 Å². The maximum Gasteiger partial charge on any atom is 0.407 e. The molecule has 4 aromatic rings. The molecule has 4 rings (SSSR count). The van der Waals surface area contributed by atoms with Gasteiger partial charge in [-0.25, -0.2) is 4.79 Å². The number of ether oxygens (including phenoxy) is 1. The van der Waals surface area contributed by atoms with E-state index in [0.717, 1.165) is 21.9 Å². The summed E-state index contributed by atoms with van der Waals surface area (Å²) in [7, 11) is 1.32. The SMILES string of the molecule is COC(=O)NC(c1ccc2ccccc2c1)C(C(=O)c1ccccc1)c1ccccc1. The number of alkyl carbamates (subject to hydrolysis) is 1. The van der Waals surface area contributed by atoms with Gasteiger partial charge in [-0.2, -0.15) is 0 Å². The van der Waals surface area contributed by atoms with Crippen LogP contribution in [0, 0.1) is 0 Å². The molecule has 0 spiro atoms. The number of hydrogen-bond donors (Lipinski definition) is 1. The molecular weight excluding hydrogens is 386 g/mol. The van der Waals surface area contributed by atoms with E-state index < -0.39 is 18.1 Å². The minimum absolute atomic E-state index is 0.0682. The van der Waals surface area contributed by atoms with Gasteiger partial charge in [0.25, 0.3) is 0 Å². The van der Waals surface area contributed by atoms with Crippen molar-refractivity contribution in [3.05, 3.63) is 120 Å². The summed E-state index contributed by atoms with van der Waals surface area (Å²) in [6.07, 6.45) is -0.583. The van der Waals surface area contributed by atoms with E-state index in [4.69, 9.17) is 4.74 Å². The van der Waals surface area contributed by atoms with Crippen LogP contribution in [0.4, 0.5) is 4.79 Å². The summed E-state index contributed by atoms with van der Waals surface area (Å²) in [6, 6.07) is 32.1. The van der Waals surface area contributed by atoms with Crippen molar-refractivity contribution in [3.8, 4) is 0 Å². The second-order valence-corrected chi connectivity index (χ2v) is 7.34. The molecule has 0 fully saturated rings. The fraction of sp³-hybridized carbons (Fsp3) is 0.111. The van der Waals surface area contributed by atoms with E-state index in [9.17, 15) is 9.59 Å². The van der Waals surface area contributed by atoms with Crippen molar-refractivity contribution in [3.63, 3.8) is 0 Å². The number of methoxy groups -OCH3 is 1. The van der Waals surface area contributed by atoms with E-state index in [0.29, 0.717) is 5.56 Å². The molecule has 0 aliphatic carbocycles. The number of rotatable bonds is 6. The van der Waals surface area contributed by atoms with Crippen LogP contribution in [-0.2, 0) is 4.74 Å². The Hall–Kier alpha value is -3.92. The Morgan fingerprint density at radius 3 is 2.00 bits per heavy atom. The molecular formula is C27H23NO3. The van der Waals surface area contributed by atoms with Gasteiger partial charge in [-0.15, -0.1) is 0 Å². The van der Waals surface area contributed by atoms with Crippen LogP contribution in [-0.4, -0.2) is 19.0 Å². The smallest absolute Gasteiger partial charge is 0.407 e. The van der Waals surface area contributed by atoms with Crippen LogP contribution in [0.25, 0.3) is 10.8 Å². The molecule has 0 saturated carbocycles. The molecule has 0 aliphatic heterocycles. The molecule has 4 heteroatoms. The Morgan fingerprint density at radius 1 is 0.710 bits per heavy atom. The Bertz CT molecular complexity index is 1190. The third-order valence-electron chi connectivity index (χ3n) is 5.42.